The highest BCUT2D eigenvalue weighted by atomic mass is 16.6. The average Bonchev–Trinajstić information content (AvgIpc) is 3.14. The van der Waals surface area contributed by atoms with Crippen LogP contribution >= 0.6 is 0 Å². The number of hydrogen-bond donors (Lipinski definition) is 0. The number of benzene rings is 3. The van der Waals surface area contributed by atoms with Crippen LogP contribution in [0.25, 0.3) is 6.08 Å². The average molecular weight is 413 g/mol. The fraction of sp³-hybridized carbons (Fsp3) is 0.154. The zero-order valence-corrected chi connectivity index (χ0v) is 17.7. The van der Waals surface area contributed by atoms with Crippen molar-refractivity contribution in [3.05, 3.63) is 100 Å². The molecule has 156 valence electrons. The molecule has 0 unspecified atom stereocenters. The lowest BCUT2D eigenvalue weighted by Crippen LogP contribution is -2.05. The summed E-state index contributed by atoms with van der Waals surface area (Å²) in [6, 6.07) is 21.4. The van der Waals surface area contributed by atoms with Gasteiger partial charge in [-0.25, -0.2) is 9.79 Å². The van der Waals surface area contributed by atoms with Crippen LogP contribution in [0, 0.1) is 13.8 Å². The van der Waals surface area contributed by atoms with E-state index in [0.29, 0.717) is 24.0 Å². The van der Waals surface area contributed by atoms with Crippen LogP contribution in [-0.4, -0.2) is 19.0 Å². The number of aryl methyl sites for hydroxylation is 2. The van der Waals surface area contributed by atoms with Crippen molar-refractivity contribution in [3.8, 4) is 11.5 Å². The molecular formula is C26H23NO4. The number of rotatable bonds is 6. The van der Waals surface area contributed by atoms with Gasteiger partial charge in [-0.2, -0.15) is 0 Å². The lowest BCUT2D eigenvalue weighted by molar-refractivity contribution is -0.129. The Labute approximate surface area is 181 Å². The molecule has 1 aliphatic rings. The van der Waals surface area contributed by atoms with Crippen molar-refractivity contribution >= 4 is 17.9 Å². The fourth-order valence-electron chi connectivity index (χ4n) is 3.21. The molecule has 0 fully saturated rings. The Morgan fingerprint density at radius 3 is 2.48 bits per heavy atom. The predicted molar refractivity (Wildman–Crippen MR) is 120 cm³/mol. The third-order valence-corrected chi connectivity index (χ3v) is 4.89. The van der Waals surface area contributed by atoms with E-state index in [4.69, 9.17) is 14.2 Å². The number of carbonyl (C=O) groups is 1. The normalized spacial score (nSPS) is 14.4. The molecule has 0 aromatic heterocycles. The summed E-state index contributed by atoms with van der Waals surface area (Å²) in [5.74, 6) is 1.04. The minimum absolute atomic E-state index is 0.242. The quantitative estimate of drug-likeness (QED) is 0.410. The van der Waals surface area contributed by atoms with E-state index in [1.54, 1.807) is 13.2 Å². The second-order valence-corrected chi connectivity index (χ2v) is 7.39. The first kappa shape index (κ1) is 20.4. The highest BCUT2D eigenvalue weighted by Gasteiger charge is 2.24. The summed E-state index contributed by atoms with van der Waals surface area (Å²) < 4.78 is 16.8. The number of carbonyl (C=O) groups excluding carboxylic acids is 1. The maximum Gasteiger partial charge on any atom is 0.363 e. The number of aliphatic imine (C=N–C) groups is 1. The van der Waals surface area contributed by atoms with Gasteiger partial charge in [0.25, 0.3) is 0 Å². The summed E-state index contributed by atoms with van der Waals surface area (Å²) in [6.07, 6.45) is 1.68. The third-order valence-electron chi connectivity index (χ3n) is 4.89. The van der Waals surface area contributed by atoms with E-state index in [9.17, 15) is 4.79 Å². The topological polar surface area (TPSA) is 57.1 Å². The Morgan fingerprint density at radius 2 is 1.74 bits per heavy atom. The van der Waals surface area contributed by atoms with E-state index in [1.165, 1.54) is 5.56 Å². The number of esters is 1. The summed E-state index contributed by atoms with van der Waals surface area (Å²) in [4.78, 5) is 16.7. The number of cyclic esters (lactones) is 1. The number of nitrogens with zero attached hydrogens (tertiary/aromatic N) is 1. The zero-order valence-electron chi connectivity index (χ0n) is 17.7. The lowest BCUT2D eigenvalue weighted by atomic mass is 10.1. The number of ether oxygens (including phenoxy) is 3. The Kier molecular flexibility index (Phi) is 5.85. The maximum atomic E-state index is 12.3. The van der Waals surface area contributed by atoms with Crippen LogP contribution in [0.5, 0.6) is 11.5 Å². The molecule has 1 heterocycles. The number of methoxy groups -OCH3 is 1. The van der Waals surface area contributed by atoms with Gasteiger partial charge in [0.1, 0.15) is 6.61 Å². The van der Waals surface area contributed by atoms with E-state index >= 15 is 0 Å². The molecule has 0 spiro atoms. The van der Waals surface area contributed by atoms with Gasteiger partial charge in [-0.15, -0.1) is 0 Å². The molecule has 31 heavy (non-hydrogen) atoms. The summed E-state index contributed by atoms with van der Waals surface area (Å²) in [5, 5.41) is 0. The maximum absolute atomic E-state index is 12.3. The number of hydrogen-bond acceptors (Lipinski definition) is 5. The van der Waals surface area contributed by atoms with Crippen LogP contribution in [0.15, 0.2) is 77.4 Å². The minimum Gasteiger partial charge on any atom is -0.493 e. The van der Waals surface area contributed by atoms with Crippen molar-refractivity contribution in [1.82, 2.24) is 0 Å². The van der Waals surface area contributed by atoms with Gasteiger partial charge in [0.2, 0.25) is 5.90 Å². The largest absolute Gasteiger partial charge is 0.493 e. The van der Waals surface area contributed by atoms with Crippen LogP contribution < -0.4 is 9.47 Å². The fourth-order valence-corrected chi connectivity index (χ4v) is 3.21. The van der Waals surface area contributed by atoms with E-state index in [-0.39, 0.29) is 5.70 Å². The summed E-state index contributed by atoms with van der Waals surface area (Å²) in [6.45, 7) is 4.47. The lowest BCUT2D eigenvalue weighted by Gasteiger charge is -2.11. The van der Waals surface area contributed by atoms with Crippen LogP contribution in [0.1, 0.15) is 27.8 Å². The van der Waals surface area contributed by atoms with Crippen LogP contribution in [0.4, 0.5) is 0 Å². The summed E-state index contributed by atoms with van der Waals surface area (Å²) in [7, 11) is 1.59. The summed E-state index contributed by atoms with van der Waals surface area (Å²) >= 11 is 0. The van der Waals surface area contributed by atoms with Gasteiger partial charge in [0.05, 0.1) is 7.11 Å². The van der Waals surface area contributed by atoms with E-state index in [0.717, 1.165) is 22.3 Å². The molecule has 0 radical (unpaired) electrons. The molecule has 0 saturated heterocycles. The molecule has 0 bridgehead atoms. The SMILES string of the molecule is COc1cc(/C=C2\N=C(c3cccc(C)c3)OC2=O)ccc1OCc1ccc(C)cc1. The molecule has 4 rings (SSSR count). The van der Waals surface area contributed by atoms with E-state index in [1.807, 2.05) is 61.5 Å². The highest BCUT2D eigenvalue weighted by Crippen LogP contribution is 2.30. The third kappa shape index (κ3) is 4.83. The Balaban J connectivity index is 1.53. The van der Waals surface area contributed by atoms with Crippen LogP contribution in [0.3, 0.4) is 0 Å². The van der Waals surface area contributed by atoms with Gasteiger partial charge < -0.3 is 14.2 Å². The molecule has 1 aliphatic heterocycles. The monoisotopic (exact) mass is 413 g/mol. The summed E-state index contributed by atoms with van der Waals surface area (Å²) in [5.41, 5.74) is 5.13. The second kappa shape index (κ2) is 8.88. The smallest absolute Gasteiger partial charge is 0.363 e. The molecule has 3 aromatic rings. The highest BCUT2D eigenvalue weighted by molar-refractivity contribution is 6.12. The van der Waals surface area contributed by atoms with Gasteiger partial charge in [0, 0.05) is 5.56 Å². The Hall–Kier alpha value is -3.86. The molecule has 0 aliphatic carbocycles. The van der Waals surface area contributed by atoms with Crippen molar-refractivity contribution in [3.63, 3.8) is 0 Å². The van der Waals surface area contributed by atoms with Crippen molar-refractivity contribution in [2.45, 2.75) is 20.5 Å². The van der Waals surface area contributed by atoms with Crippen molar-refractivity contribution < 1.29 is 19.0 Å². The Bertz CT molecular complexity index is 1180. The minimum atomic E-state index is -0.477. The van der Waals surface area contributed by atoms with Crippen LogP contribution in [-0.2, 0) is 16.1 Å². The van der Waals surface area contributed by atoms with E-state index in [2.05, 4.69) is 24.0 Å². The van der Waals surface area contributed by atoms with Gasteiger partial charge in [-0.1, -0.05) is 53.6 Å². The molecule has 0 amide bonds. The van der Waals surface area contributed by atoms with Crippen molar-refractivity contribution in [2.75, 3.05) is 7.11 Å². The standard InChI is InChI=1S/C26H23NO4/c1-17-7-9-19(10-8-17)16-30-23-12-11-20(15-24(23)29-3)14-22-26(28)31-25(27-22)21-6-4-5-18(2)13-21/h4-15H,16H2,1-3H3/b22-14-. The van der Waals surface area contributed by atoms with Gasteiger partial charge >= 0.3 is 5.97 Å². The van der Waals surface area contributed by atoms with Gasteiger partial charge in [-0.3, -0.25) is 0 Å². The first-order valence-electron chi connectivity index (χ1n) is 9.98. The van der Waals surface area contributed by atoms with Gasteiger partial charge in [0.15, 0.2) is 17.2 Å². The molecule has 5 nitrogen and oxygen atoms in total. The second-order valence-electron chi connectivity index (χ2n) is 7.39. The first-order valence-corrected chi connectivity index (χ1v) is 9.98. The first-order chi connectivity index (χ1) is 15.0. The molecular weight excluding hydrogens is 390 g/mol. The molecule has 3 aromatic carbocycles. The van der Waals surface area contributed by atoms with Crippen molar-refractivity contribution in [2.24, 2.45) is 4.99 Å². The van der Waals surface area contributed by atoms with Crippen LogP contribution in [0.2, 0.25) is 0 Å². The molecule has 0 saturated carbocycles. The molecule has 0 N–H and O–H groups in total. The molecule has 5 heteroatoms. The van der Waals surface area contributed by atoms with Gasteiger partial charge in [-0.05, 0) is 55.3 Å². The van der Waals surface area contributed by atoms with E-state index < -0.39 is 5.97 Å². The predicted octanol–water partition coefficient (Wildman–Crippen LogP) is 5.24. The molecule has 0 atom stereocenters. The zero-order chi connectivity index (χ0) is 21.8. The van der Waals surface area contributed by atoms with Crippen molar-refractivity contribution in [1.29, 1.82) is 0 Å². The Morgan fingerprint density at radius 1 is 0.935 bits per heavy atom.